The van der Waals surface area contributed by atoms with Crippen molar-refractivity contribution in [2.75, 3.05) is 13.1 Å². The maximum Gasteiger partial charge on any atom is 0.347 e. The molecule has 0 spiro atoms. The van der Waals surface area contributed by atoms with Crippen molar-refractivity contribution >= 4 is 17.3 Å². The molecule has 0 aliphatic carbocycles. The number of likely N-dealkylation sites (tertiary alicyclic amines) is 1. The fourth-order valence-corrected chi connectivity index (χ4v) is 3.76. The van der Waals surface area contributed by atoms with Gasteiger partial charge in [-0.1, -0.05) is 20.8 Å². The quantitative estimate of drug-likeness (QED) is 0.910. The maximum atomic E-state index is 11.0. The third-order valence-corrected chi connectivity index (χ3v) is 5.47. The van der Waals surface area contributed by atoms with Crippen LogP contribution in [0.3, 0.4) is 0 Å². The molecule has 0 bridgehead atoms. The number of aromatic nitrogens is 2. The molecule has 1 saturated heterocycles. The van der Waals surface area contributed by atoms with Gasteiger partial charge in [-0.25, -0.2) is 14.8 Å². The predicted molar refractivity (Wildman–Crippen MR) is 91.5 cm³/mol. The molecule has 1 aliphatic heterocycles. The molecule has 0 atom stereocenters. The van der Waals surface area contributed by atoms with Crippen molar-refractivity contribution in [1.82, 2.24) is 14.9 Å². The smallest absolute Gasteiger partial charge is 0.347 e. The van der Waals surface area contributed by atoms with Crippen LogP contribution in [0.1, 0.15) is 65.9 Å². The van der Waals surface area contributed by atoms with Crippen LogP contribution in [0.25, 0.3) is 0 Å². The van der Waals surface area contributed by atoms with E-state index in [0.29, 0.717) is 10.8 Å². The monoisotopic (exact) mass is 349 g/mol. The van der Waals surface area contributed by atoms with Crippen LogP contribution in [0.5, 0.6) is 0 Å². The minimum Gasteiger partial charge on any atom is -0.477 e. The largest absolute Gasteiger partial charge is 0.477 e. The van der Waals surface area contributed by atoms with Crippen molar-refractivity contribution in [2.24, 2.45) is 0 Å². The number of carbonyl (C=O) groups is 1. The first kappa shape index (κ1) is 17.1. The van der Waals surface area contributed by atoms with Gasteiger partial charge >= 0.3 is 5.97 Å². The van der Waals surface area contributed by atoms with Crippen LogP contribution in [-0.4, -0.2) is 39.0 Å². The van der Waals surface area contributed by atoms with Gasteiger partial charge in [-0.15, -0.1) is 11.3 Å². The highest BCUT2D eigenvalue weighted by atomic mass is 32.1. The topological polar surface area (TPSA) is 79.5 Å². The van der Waals surface area contributed by atoms with Gasteiger partial charge in [0.05, 0.1) is 23.9 Å². The number of thiazole rings is 1. The van der Waals surface area contributed by atoms with Crippen molar-refractivity contribution in [3.8, 4) is 0 Å². The summed E-state index contributed by atoms with van der Waals surface area (Å²) in [4.78, 5) is 22.3. The zero-order chi connectivity index (χ0) is 17.3. The number of hydrogen-bond acceptors (Lipinski definition) is 6. The molecule has 1 fully saturated rings. The average Bonchev–Trinajstić information content (AvgIpc) is 3.16. The van der Waals surface area contributed by atoms with Crippen LogP contribution in [0.4, 0.5) is 0 Å². The van der Waals surface area contributed by atoms with Gasteiger partial charge in [-0.05, 0) is 25.9 Å². The van der Waals surface area contributed by atoms with E-state index in [1.165, 1.54) is 17.5 Å². The Kier molecular flexibility index (Phi) is 4.73. The number of aromatic carboxylic acids is 1. The Morgan fingerprint density at radius 1 is 1.33 bits per heavy atom. The molecule has 0 unspecified atom stereocenters. The summed E-state index contributed by atoms with van der Waals surface area (Å²) in [5.74, 6) is 1.14. The molecule has 3 rings (SSSR count). The molecule has 24 heavy (non-hydrogen) atoms. The second kappa shape index (κ2) is 6.64. The first-order valence-electron chi connectivity index (χ1n) is 8.19. The van der Waals surface area contributed by atoms with Gasteiger partial charge in [0.15, 0.2) is 0 Å². The molecule has 6 nitrogen and oxygen atoms in total. The Labute approximate surface area is 145 Å². The molecule has 2 aromatic heterocycles. The van der Waals surface area contributed by atoms with Crippen molar-refractivity contribution < 1.29 is 14.3 Å². The lowest BCUT2D eigenvalue weighted by atomic mass is 9.94. The summed E-state index contributed by atoms with van der Waals surface area (Å²) in [5.41, 5.74) is -0.0229. The van der Waals surface area contributed by atoms with E-state index >= 15 is 0 Å². The molecule has 130 valence electrons. The van der Waals surface area contributed by atoms with E-state index in [9.17, 15) is 4.79 Å². The fraction of sp³-hybridized carbons (Fsp3) is 0.588. The van der Waals surface area contributed by atoms with Crippen LogP contribution < -0.4 is 0 Å². The zero-order valence-corrected chi connectivity index (χ0v) is 15.1. The minimum atomic E-state index is -0.894. The molecule has 1 N–H and O–H groups in total. The standard InChI is InChI=1S/C17H23N3O3S/c1-17(2,3)13-9-18-14(23-13)10-20-6-4-11(5-7-20)15-19-8-12(24-15)16(21)22/h8-9,11H,4-7,10H2,1-3H3,(H,21,22). The number of rotatable bonds is 4. The van der Waals surface area contributed by atoms with Crippen LogP contribution in [0.2, 0.25) is 0 Å². The van der Waals surface area contributed by atoms with E-state index < -0.39 is 5.97 Å². The van der Waals surface area contributed by atoms with Crippen molar-refractivity contribution in [2.45, 2.75) is 51.5 Å². The summed E-state index contributed by atoms with van der Waals surface area (Å²) in [7, 11) is 0. The SMILES string of the molecule is CC(C)(C)c1cnc(CN2CCC(c3ncc(C(=O)O)s3)CC2)o1. The summed E-state index contributed by atoms with van der Waals surface area (Å²) < 4.78 is 5.86. The van der Waals surface area contributed by atoms with Gasteiger partial charge in [0.1, 0.15) is 10.6 Å². The molecule has 0 amide bonds. The number of oxazole rings is 1. The van der Waals surface area contributed by atoms with E-state index in [4.69, 9.17) is 9.52 Å². The molecule has 0 saturated carbocycles. The van der Waals surface area contributed by atoms with E-state index in [0.717, 1.165) is 49.1 Å². The summed E-state index contributed by atoms with van der Waals surface area (Å²) >= 11 is 1.30. The zero-order valence-electron chi connectivity index (χ0n) is 14.3. The number of nitrogens with zero attached hydrogens (tertiary/aromatic N) is 3. The van der Waals surface area contributed by atoms with Crippen LogP contribution >= 0.6 is 11.3 Å². The molecule has 0 aromatic carbocycles. The molecule has 2 aromatic rings. The third kappa shape index (κ3) is 3.84. The first-order valence-corrected chi connectivity index (χ1v) is 9.01. The number of carboxylic acid groups (broad SMARTS) is 1. The van der Waals surface area contributed by atoms with E-state index in [1.54, 1.807) is 0 Å². The summed E-state index contributed by atoms with van der Waals surface area (Å²) in [6.07, 6.45) is 5.26. The predicted octanol–water partition coefficient (Wildman–Crippen LogP) is 3.51. The Balaban J connectivity index is 1.55. The van der Waals surface area contributed by atoms with E-state index in [2.05, 4.69) is 35.6 Å². The second-order valence-corrected chi connectivity index (χ2v) is 8.35. The Morgan fingerprint density at radius 3 is 2.58 bits per heavy atom. The maximum absolute atomic E-state index is 11.0. The van der Waals surface area contributed by atoms with Gasteiger partial charge in [0.25, 0.3) is 0 Å². The highest BCUT2D eigenvalue weighted by Gasteiger charge is 2.25. The van der Waals surface area contributed by atoms with E-state index in [-0.39, 0.29) is 5.41 Å². The van der Waals surface area contributed by atoms with Crippen LogP contribution in [-0.2, 0) is 12.0 Å². The van der Waals surface area contributed by atoms with Gasteiger partial charge in [0, 0.05) is 11.3 Å². The number of carboxylic acids is 1. The van der Waals surface area contributed by atoms with Gasteiger partial charge in [0.2, 0.25) is 5.89 Å². The van der Waals surface area contributed by atoms with Crippen molar-refractivity contribution in [1.29, 1.82) is 0 Å². The lowest BCUT2D eigenvalue weighted by Gasteiger charge is -2.30. The highest BCUT2D eigenvalue weighted by Crippen LogP contribution is 2.31. The lowest BCUT2D eigenvalue weighted by molar-refractivity contribution is 0.0702. The third-order valence-electron chi connectivity index (χ3n) is 4.32. The number of hydrogen-bond donors (Lipinski definition) is 1. The molecule has 0 radical (unpaired) electrons. The molecule has 3 heterocycles. The van der Waals surface area contributed by atoms with Gasteiger partial charge in [-0.3, -0.25) is 4.90 Å². The molecular formula is C17H23N3O3S. The van der Waals surface area contributed by atoms with E-state index in [1.807, 2.05) is 6.20 Å². The molecule has 1 aliphatic rings. The van der Waals surface area contributed by atoms with Crippen LogP contribution in [0.15, 0.2) is 16.8 Å². The fourth-order valence-electron chi connectivity index (χ4n) is 2.83. The molecular weight excluding hydrogens is 326 g/mol. The van der Waals surface area contributed by atoms with Crippen molar-refractivity contribution in [3.63, 3.8) is 0 Å². The Bertz CT molecular complexity index is 709. The summed E-state index contributed by atoms with van der Waals surface area (Å²) in [6.45, 7) is 8.95. The molecule has 7 heteroatoms. The van der Waals surface area contributed by atoms with Crippen molar-refractivity contribution in [3.05, 3.63) is 33.9 Å². The average molecular weight is 349 g/mol. The summed E-state index contributed by atoms with van der Waals surface area (Å²) in [5, 5.41) is 9.95. The summed E-state index contributed by atoms with van der Waals surface area (Å²) in [6, 6.07) is 0. The minimum absolute atomic E-state index is 0.0229. The normalized spacial score (nSPS) is 17.3. The highest BCUT2D eigenvalue weighted by molar-refractivity contribution is 7.13. The first-order chi connectivity index (χ1) is 11.3. The lowest BCUT2D eigenvalue weighted by Crippen LogP contribution is -2.32. The Hall–Kier alpha value is -1.73. The van der Waals surface area contributed by atoms with Crippen LogP contribution in [0, 0.1) is 0 Å². The number of piperidine rings is 1. The Morgan fingerprint density at radius 2 is 2.04 bits per heavy atom. The van der Waals surface area contributed by atoms with Gasteiger partial charge in [-0.2, -0.15) is 0 Å². The van der Waals surface area contributed by atoms with Gasteiger partial charge < -0.3 is 9.52 Å². The second-order valence-electron chi connectivity index (χ2n) is 7.29.